The van der Waals surface area contributed by atoms with Gasteiger partial charge >= 0.3 is 5.97 Å². The van der Waals surface area contributed by atoms with Crippen LogP contribution in [0.25, 0.3) is 10.8 Å². The Balaban J connectivity index is 2.87. The summed E-state index contributed by atoms with van der Waals surface area (Å²) in [5.41, 5.74) is -0.445. The minimum absolute atomic E-state index is 0.0582. The van der Waals surface area contributed by atoms with Crippen LogP contribution >= 0.6 is 0 Å². The fourth-order valence-electron chi connectivity index (χ4n) is 1.67. The van der Waals surface area contributed by atoms with Crippen LogP contribution in [0, 0.1) is 0 Å². The van der Waals surface area contributed by atoms with Crippen molar-refractivity contribution in [3.8, 4) is 11.5 Å². The molecule has 0 fully saturated rings. The van der Waals surface area contributed by atoms with Crippen LogP contribution in [0.3, 0.4) is 0 Å². The Kier molecular flexibility index (Phi) is 2.84. The van der Waals surface area contributed by atoms with Crippen LogP contribution in [0.1, 0.15) is 10.4 Å². The van der Waals surface area contributed by atoms with Gasteiger partial charge in [0.2, 0.25) is 0 Å². The van der Waals surface area contributed by atoms with Crippen molar-refractivity contribution in [2.75, 3.05) is 0 Å². The summed E-state index contributed by atoms with van der Waals surface area (Å²) in [6.07, 6.45) is 0. The zero-order chi connectivity index (χ0) is 14.4. The van der Waals surface area contributed by atoms with Crippen LogP contribution in [0.15, 0.2) is 29.2 Å². The highest BCUT2D eigenvalue weighted by atomic mass is 32.2. The molecule has 19 heavy (non-hydrogen) atoms. The third-order valence-electron chi connectivity index (χ3n) is 2.55. The van der Waals surface area contributed by atoms with Gasteiger partial charge in [0, 0.05) is 11.5 Å². The molecule has 2 aromatic carbocycles. The summed E-state index contributed by atoms with van der Waals surface area (Å²) >= 11 is 0. The Morgan fingerprint density at radius 3 is 2.16 bits per heavy atom. The van der Waals surface area contributed by atoms with Crippen molar-refractivity contribution in [2.45, 2.75) is 4.90 Å². The third-order valence-corrected chi connectivity index (χ3v) is 3.38. The second-order valence-electron chi connectivity index (χ2n) is 3.81. The molecule has 0 spiro atoms. The predicted molar refractivity (Wildman–Crippen MR) is 64.1 cm³/mol. The van der Waals surface area contributed by atoms with Gasteiger partial charge < -0.3 is 15.3 Å². The third kappa shape index (κ3) is 2.30. The van der Waals surface area contributed by atoms with Crippen LogP contribution in [-0.4, -0.2) is 34.3 Å². The van der Waals surface area contributed by atoms with Gasteiger partial charge in [-0.05, 0) is 23.6 Å². The highest BCUT2D eigenvalue weighted by Gasteiger charge is 2.17. The van der Waals surface area contributed by atoms with E-state index in [0.29, 0.717) is 0 Å². The molecule has 2 aromatic rings. The molecule has 100 valence electrons. The molecule has 7 nitrogen and oxygen atoms in total. The normalized spacial score (nSPS) is 11.6. The lowest BCUT2D eigenvalue weighted by Gasteiger charge is -2.07. The summed E-state index contributed by atoms with van der Waals surface area (Å²) in [7, 11) is -4.53. The SMILES string of the molecule is O=C(O)c1cc2cc(S(=O)(=O)O)cc(O)c2cc1O. The number of hydrogen-bond donors (Lipinski definition) is 4. The molecule has 4 N–H and O–H groups in total. The van der Waals surface area contributed by atoms with Crippen molar-refractivity contribution in [3.63, 3.8) is 0 Å². The van der Waals surface area contributed by atoms with E-state index >= 15 is 0 Å². The van der Waals surface area contributed by atoms with E-state index in [0.717, 1.165) is 24.3 Å². The number of rotatable bonds is 2. The van der Waals surface area contributed by atoms with Crippen LogP contribution in [0.5, 0.6) is 11.5 Å². The van der Waals surface area contributed by atoms with Gasteiger partial charge in [0.05, 0.1) is 4.90 Å². The standard InChI is InChI=1S/C11H8O7S/c12-9-3-6(19(16,17)18)1-5-2-8(11(14)15)10(13)4-7(5)9/h1-4,12-13H,(H,14,15)(H,16,17,18). The largest absolute Gasteiger partial charge is 0.507 e. The summed E-state index contributed by atoms with van der Waals surface area (Å²) in [5.74, 6) is -2.47. The Hall–Kier alpha value is -2.32. The number of phenolic OH excluding ortho intramolecular Hbond substituents is 1. The topological polar surface area (TPSA) is 132 Å². The first kappa shape index (κ1) is 13.1. The lowest BCUT2D eigenvalue weighted by molar-refractivity contribution is 0.0694. The molecule has 0 saturated carbocycles. The maximum Gasteiger partial charge on any atom is 0.339 e. The van der Waals surface area contributed by atoms with Gasteiger partial charge in [-0.3, -0.25) is 4.55 Å². The number of benzene rings is 2. The van der Waals surface area contributed by atoms with Crippen LogP contribution in [0.2, 0.25) is 0 Å². The van der Waals surface area contributed by atoms with Crippen LogP contribution in [-0.2, 0) is 10.1 Å². The quantitative estimate of drug-likeness (QED) is 0.609. The van der Waals surface area contributed by atoms with Gasteiger partial charge in [0.15, 0.2) is 0 Å². The highest BCUT2D eigenvalue weighted by Crippen LogP contribution is 2.33. The molecule has 0 bridgehead atoms. The van der Waals surface area contributed by atoms with Crippen molar-refractivity contribution >= 4 is 26.9 Å². The van der Waals surface area contributed by atoms with Gasteiger partial charge in [-0.15, -0.1) is 0 Å². The van der Waals surface area contributed by atoms with Gasteiger partial charge in [-0.1, -0.05) is 0 Å². The zero-order valence-electron chi connectivity index (χ0n) is 9.23. The van der Waals surface area contributed by atoms with Crippen molar-refractivity contribution in [1.82, 2.24) is 0 Å². The van der Waals surface area contributed by atoms with E-state index in [1.165, 1.54) is 0 Å². The number of carbonyl (C=O) groups is 1. The molecule has 0 aliphatic rings. The first-order chi connectivity index (χ1) is 8.70. The van der Waals surface area contributed by atoms with Crippen molar-refractivity contribution in [1.29, 1.82) is 0 Å². The van der Waals surface area contributed by atoms with Crippen molar-refractivity contribution in [3.05, 3.63) is 29.8 Å². The van der Waals surface area contributed by atoms with Gasteiger partial charge in [0.25, 0.3) is 10.1 Å². The van der Waals surface area contributed by atoms with Gasteiger partial charge in [0.1, 0.15) is 17.1 Å². The molecule has 0 saturated heterocycles. The average Bonchev–Trinajstić information content (AvgIpc) is 2.27. The lowest BCUT2D eigenvalue weighted by Crippen LogP contribution is -1.99. The van der Waals surface area contributed by atoms with Gasteiger partial charge in [-0.25, -0.2) is 4.79 Å². The number of aromatic hydroxyl groups is 2. The Morgan fingerprint density at radius 2 is 1.63 bits per heavy atom. The summed E-state index contributed by atoms with van der Waals surface area (Å²) in [5, 5.41) is 28.1. The second-order valence-corrected chi connectivity index (χ2v) is 5.23. The summed E-state index contributed by atoms with van der Waals surface area (Å²) < 4.78 is 30.9. The molecule has 0 unspecified atom stereocenters. The minimum Gasteiger partial charge on any atom is -0.507 e. The molecule has 0 radical (unpaired) electrons. The first-order valence-electron chi connectivity index (χ1n) is 4.90. The fourth-order valence-corrected chi connectivity index (χ4v) is 2.21. The van der Waals surface area contributed by atoms with E-state index in [1.54, 1.807) is 0 Å². The van der Waals surface area contributed by atoms with Crippen LogP contribution in [0.4, 0.5) is 0 Å². The smallest absolute Gasteiger partial charge is 0.339 e. The Morgan fingerprint density at radius 1 is 1.00 bits per heavy atom. The summed E-state index contributed by atoms with van der Waals surface area (Å²) in [6, 6.07) is 3.80. The molecule has 0 atom stereocenters. The number of hydrogen-bond acceptors (Lipinski definition) is 5. The Bertz CT molecular complexity index is 792. The zero-order valence-corrected chi connectivity index (χ0v) is 10.0. The second kappa shape index (κ2) is 4.11. The highest BCUT2D eigenvalue weighted by molar-refractivity contribution is 7.85. The molecule has 0 aromatic heterocycles. The molecule has 0 aliphatic carbocycles. The van der Waals surface area contributed by atoms with E-state index in [-0.39, 0.29) is 10.8 Å². The summed E-state index contributed by atoms with van der Waals surface area (Å²) in [6.45, 7) is 0. The average molecular weight is 284 g/mol. The monoisotopic (exact) mass is 284 g/mol. The predicted octanol–water partition coefficient (Wildman–Crippen LogP) is 1.20. The number of carboxylic acids is 1. The Labute approximate surface area is 107 Å². The van der Waals surface area contributed by atoms with E-state index in [9.17, 15) is 23.4 Å². The molecule has 8 heteroatoms. The molecule has 0 aliphatic heterocycles. The lowest BCUT2D eigenvalue weighted by atomic mass is 10.1. The van der Waals surface area contributed by atoms with E-state index in [2.05, 4.69) is 0 Å². The first-order valence-corrected chi connectivity index (χ1v) is 6.34. The minimum atomic E-state index is -4.53. The maximum atomic E-state index is 11.0. The number of fused-ring (bicyclic) bond motifs is 1. The van der Waals surface area contributed by atoms with E-state index in [1.807, 2.05) is 0 Å². The summed E-state index contributed by atoms with van der Waals surface area (Å²) in [4.78, 5) is 10.3. The molecular formula is C11H8O7S. The van der Waals surface area contributed by atoms with E-state index in [4.69, 9.17) is 9.66 Å². The molecular weight excluding hydrogens is 276 g/mol. The maximum absolute atomic E-state index is 11.0. The molecule has 0 heterocycles. The fraction of sp³-hybridized carbons (Fsp3) is 0. The van der Waals surface area contributed by atoms with Gasteiger partial charge in [-0.2, -0.15) is 8.42 Å². The van der Waals surface area contributed by atoms with Crippen LogP contribution < -0.4 is 0 Å². The number of aromatic carboxylic acids is 1. The van der Waals surface area contributed by atoms with E-state index < -0.39 is 38.0 Å². The number of phenols is 2. The number of carboxylic acid groups (broad SMARTS) is 1. The molecule has 0 amide bonds. The van der Waals surface area contributed by atoms with Crippen molar-refractivity contribution in [2.24, 2.45) is 0 Å². The van der Waals surface area contributed by atoms with Crippen molar-refractivity contribution < 1.29 is 33.1 Å². The molecule has 2 rings (SSSR count).